The Kier molecular flexibility index (Phi) is 6.86. The maximum atomic E-state index is 11.4. The van der Waals surface area contributed by atoms with Gasteiger partial charge in [-0.1, -0.05) is 6.42 Å². The highest BCUT2D eigenvalue weighted by Gasteiger charge is 2.00. The van der Waals surface area contributed by atoms with E-state index in [1.165, 1.54) is 0 Å². The molecule has 0 saturated carbocycles. The Hall–Kier alpha value is -1.56. The van der Waals surface area contributed by atoms with Crippen molar-refractivity contribution in [2.75, 3.05) is 6.54 Å². The second kappa shape index (κ2) is 8.52. The molecule has 0 radical (unpaired) electrons. The predicted molar refractivity (Wildman–Crippen MR) is 70.7 cm³/mol. The molecule has 1 aromatic heterocycles. The SMILES string of the molecule is O=C(O)CCCCCNC(=O)NCc1ccsc1. The summed E-state index contributed by atoms with van der Waals surface area (Å²) in [5.74, 6) is -0.767. The summed E-state index contributed by atoms with van der Waals surface area (Å²) >= 11 is 1.60. The van der Waals surface area contributed by atoms with Gasteiger partial charge in [0.1, 0.15) is 0 Å². The molecule has 0 aliphatic rings. The van der Waals surface area contributed by atoms with Crippen LogP contribution < -0.4 is 10.6 Å². The smallest absolute Gasteiger partial charge is 0.315 e. The lowest BCUT2D eigenvalue weighted by Gasteiger charge is -2.06. The molecule has 1 rings (SSSR count). The van der Waals surface area contributed by atoms with E-state index in [-0.39, 0.29) is 12.5 Å². The molecular weight excluding hydrogens is 252 g/mol. The zero-order valence-electron chi connectivity index (χ0n) is 10.1. The third-order valence-corrected chi connectivity index (χ3v) is 3.12. The minimum Gasteiger partial charge on any atom is -0.481 e. The van der Waals surface area contributed by atoms with Crippen LogP contribution in [0.3, 0.4) is 0 Å². The molecule has 0 aromatic carbocycles. The number of amides is 2. The van der Waals surface area contributed by atoms with Gasteiger partial charge in [0.25, 0.3) is 0 Å². The summed E-state index contributed by atoms with van der Waals surface area (Å²) in [6.07, 6.45) is 2.48. The Balaban J connectivity index is 1.95. The van der Waals surface area contributed by atoms with Crippen LogP contribution in [0, 0.1) is 0 Å². The van der Waals surface area contributed by atoms with Crippen molar-refractivity contribution in [3.63, 3.8) is 0 Å². The third-order valence-electron chi connectivity index (χ3n) is 2.39. The van der Waals surface area contributed by atoms with E-state index in [2.05, 4.69) is 10.6 Å². The van der Waals surface area contributed by atoms with Gasteiger partial charge in [-0.3, -0.25) is 4.79 Å². The summed E-state index contributed by atoms with van der Waals surface area (Å²) in [6, 6.07) is 1.79. The number of carbonyl (C=O) groups excluding carboxylic acids is 1. The van der Waals surface area contributed by atoms with E-state index in [0.717, 1.165) is 18.4 Å². The topological polar surface area (TPSA) is 78.4 Å². The number of carbonyl (C=O) groups is 2. The summed E-state index contributed by atoms with van der Waals surface area (Å²) in [4.78, 5) is 21.6. The highest BCUT2D eigenvalue weighted by molar-refractivity contribution is 7.07. The van der Waals surface area contributed by atoms with Gasteiger partial charge in [0, 0.05) is 19.5 Å². The Bertz CT molecular complexity index is 365. The number of carboxylic acids is 1. The average molecular weight is 270 g/mol. The van der Waals surface area contributed by atoms with E-state index in [4.69, 9.17) is 5.11 Å². The summed E-state index contributed by atoms with van der Waals surface area (Å²) in [7, 11) is 0. The number of nitrogens with one attached hydrogen (secondary N) is 2. The van der Waals surface area contributed by atoms with Gasteiger partial charge in [0.05, 0.1) is 0 Å². The molecule has 18 heavy (non-hydrogen) atoms. The van der Waals surface area contributed by atoms with Gasteiger partial charge >= 0.3 is 12.0 Å². The Labute approximate surface area is 110 Å². The van der Waals surface area contributed by atoms with E-state index in [1.54, 1.807) is 11.3 Å². The van der Waals surface area contributed by atoms with Crippen molar-refractivity contribution >= 4 is 23.3 Å². The summed E-state index contributed by atoms with van der Waals surface area (Å²) < 4.78 is 0. The Morgan fingerprint density at radius 3 is 2.72 bits per heavy atom. The fourth-order valence-electron chi connectivity index (χ4n) is 1.42. The van der Waals surface area contributed by atoms with Crippen molar-refractivity contribution in [3.05, 3.63) is 22.4 Å². The normalized spacial score (nSPS) is 10.0. The minimum atomic E-state index is -0.767. The fraction of sp³-hybridized carbons (Fsp3) is 0.500. The molecule has 3 N–H and O–H groups in total. The van der Waals surface area contributed by atoms with Crippen LogP contribution in [0.5, 0.6) is 0 Å². The lowest BCUT2D eigenvalue weighted by atomic mass is 10.2. The molecule has 1 aromatic rings. The molecule has 100 valence electrons. The first kappa shape index (κ1) is 14.5. The van der Waals surface area contributed by atoms with Crippen LogP contribution in [0.2, 0.25) is 0 Å². The van der Waals surface area contributed by atoms with E-state index >= 15 is 0 Å². The van der Waals surface area contributed by atoms with Crippen molar-refractivity contribution in [3.8, 4) is 0 Å². The molecule has 2 amide bonds. The number of thiophene rings is 1. The van der Waals surface area contributed by atoms with Gasteiger partial charge in [-0.15, -0.1) is 0 Å². The quantitative estimate of drug-likeness (QED) is 0.634. The molecule has 0 unspecified atom stereocenters. The maximum absolute atomic E-state index is 11.4. The molecule has 5 nitrogen and oxygen atoms in total. The van der Waals surface area contributed by atoms with Crippen molar-refractivity contribution in [2.24, 2.45) is 0 Å². The second-order valence-electron chi connectivity index (χ2n) is 3.95. The number of rotatable bonds is 8. The van der Waals surface area contributed by atoms with Crippen molar-refractivity contribution in [1.29, 1.82) is 0 Å². The standard InChI is InChI=1S/C12H18N2O3S/c15-11(16)4-2-1-3-6-13-12(17)14-8-10-5-7-18-9-10/h5,7,9H,1-4,6,8H2,(H,15,16)(H2,13,14,17). The Morgan fingerprint density at radius 2 is 2.06 bits per heavy atom. The van der Waals surface area contributed by atoms with E-state index in [0.29, 0.717) is 19.5 Å². The molecule has 0 atom stereocenters. The molecule has 1 heterocycles. The highest BCUT2D eigenvalue weighted by Crippen LogP contribution is 2.04. The number of unbranched alkanes of at least 4 members (excludes halogenated alkanes) is 2. The molecule has 0 aliphatic carbocycles. The van der Waals surface area contributed by atoms with Crippen LogP contribution >= 0.6 is 11.3 Å². The van der Waals surface area contributed by atoms with Gasteiger partial charge in [0.15, 0.2) is 0 Å². The zero-order chi connectivity index (χ0) is 13.2. The fourth-order valence-corrected chi connectivity index (χ4v) is 2.09. The van der Waals surface area contributed by atoms with Crippen LogP contribution in [0.15, 0.2) is 16.8 Å². The van der Waals surface area contributed by atoms with Crippen LogP contribution in [0.25, 0.3) is 0 Å². The summed E-state index contributed by atoms with van der Waals surface area (Å²) in [5, 5.41) is 17.9. The number of carboxylic acid groups (broad SMARTS) is 1. The third kappa shape index (κ3) is 6.90. The van der Waals surface area contributed by atoms with Gasteiger partial charge in [0.2, 0.25) is 0 Å². The van der Waals surface area contributed by atoms with Crippen molar-refractivity contribution < 1.29 is 14.7 Å². The zero-order valence-corrected chi connectivity index (χ0v) is 11.0. The van der Waals surface area contributed by atoms with E-state index in [9.17, 15) is 9.59 Å². The van der Waals surface area contributed by atoms with Crippen molar-refractivity contribution in [2.45, 2.75) is 32.2 Å². The van der Waals surface area contributed by atoms with E-state index < -0.39 is 5.97 Å². The molecular formula is C12H18N2O3S. The highest BCUT2D eigenvalue weighted by atomic mass is 32.1. The maximum Gasteiger partial charge on any atom is 0.315 e. The van der Waals surface area contributed by atoms with Gasteiger partial charge in [-0.25, -0.2) is 4.79 Å². The van der Waals surface area contributed by atoms with Crippen molar-refractivity contribution in [1.82, 2.24) is 10.6 Å². The number of aliphatic carboxylic acids is 1. The summed E-state index contributed by atoms with van der Waals surface area (Å²) in [6.45, 7) is 1.11. The first-order valence-electron chi connectivity index (χ1n) is 5.93. The molecule has 0 fully saturated rings. The first-order chi connectivity index (χ1) is 8.68. The number of hydrogen-bond donors (Lipinski definition) is 3. The lowest BCUT2D eigenvalue weighted by Crippen LogP contribution is -2.35. The van der Waals surface area contributed by atoms with Crippen LogP contribution in [0.1, 0.15) is 31.2 Å². The predicted octanol–water partition coefficient (Wildman–Crippen LogP) is 2.19. The largest absolute Gasteiger partial charge is 0.481 e. The second-order valence-corrected chi connectivity index (χ2v) is 4.73. The Morgan fingerprint density at radius 1 is 1.22 bits per heavy atom. The van der Waals surface area contributed by atoms with E-state index in [1.807, 2.05) is 16.8 Å². The summed E-state index contributed by atoms with van der Waals surface area (Å²) in [5.41, 5.74) is 1.09. The van der Waals surface area contributed by atoms with Gasteiger partial charge in [-0.2, -0.15) is 11.3 Å². The first-order valence-corrected chi connectivity index (χ1v) is 6.87. The molecule has 6 heteroatoms. The molecule has 0 spiro atoms. The molecule has 0 bridgehead atoms. The van der Waals surface area contributed by atoms with Gasteiger partial charge < -0.3 is 15.7 Å². The molecule has 0 aliphatic heterocycles. The monoisotopic (exact) mass is 270 g/mol. The minimum absolute atomic E-state index is 0.181. The van der Waals surface area contributed by atoms with Crippen LogP contribution in [-0.4, -0.2) is 23.7 Å². The lowest BCUT2D eigenvalue weighted by molar-refractivity contribution is -0.137. The average Bonchev–Trinajstić information content (AvgIpc) is 2.83. The number of hydrogen-bond acceptors (Lipinski definition) is 3. The molecule has 0 saturated heterocycles. The van der Waals surface area contributed by atoms with Crippen LogP contribution in [-0.2, 0) is 11.3 Å². The number of urea groups is 1. The van der Waals surface area contributed by atoms with Crippen LogP contribution in [0.4, 0.5) is 4.79 Å². The van der Waals surface area contributed by atoms with Gasteiger partial charge in [-0.05, 0) is 35.2 Å².